The summed E-state index contributed by atoms with van der Waals surface area (Å²) < 4.78 is 16.1. The predicted molar refractivity (Wildman–Crippen MR) is 81.0 cm³/mol. The summed E-state index contributed by atoms with van der Waals surface area (Å²) in [4.78, 5) is 11.4. The van der Waals surface area contributed by atoms with E-state index in [0.29, 0.717) is 18.5 Å². The maximum absolute atomic E-state index is 11.4. The smallest absolute Gasteiger partial charge is 0.377 e. The molecule has 0 aliphatic rings. The monoisotopic (exact) mass is 304 g/mol. The Hall–Kier alpha value is -0.733. The fourth-order valence-electron chi connectivity index (χ4n) is 1.88. The van der Waals surface area contributed by atoms with E-state index in [4.69, 9.17) is 13.3 Å². The minimum atomic E-state index is -2.53. The van der Waals surface area contributed by atoms with Gasteiger partial charge in [-0.2, -0.15) is 0 Å². The first-order valence-electron chi connectivity index (χ1n) is 6.76. The molecule has 0 saturated heterocycles. The molecule has 1 N–H and O–H groups in total. The molecule has 6 nitrogen and oxygen atoms in total. The molecule has 7 heteroatoms. The SMILES string of the molecule is C=CC(=O)NN(CCC[Si](OC)(OC)OC)CC(C)C. The van der Waals surface area contributed by atoms with Crippen molar-refractivity contribution in [1.29, 1.82) is 0 Å². The molecule has 0 atom stereocenters. The van der Waals surface area contributed by atoms with Crippen LogP contribution in [-0.4, -0.2) is 54.1 Å². The molecule has 20 heavy (non-hydrogen) atoms. The van der Waals surface area contributed by atoms with Crippen molar-refractivity contribution in [3.63, 3.8) is 0 Å². The number of hydrazine groups is 1. The van der Waals surface area contributed by atoms with Crippen LogP contribution in [0.25, 0.3) is 0 Å². The first kappa shape index (κ1) is 19.3. The fourth-order valence-corrected chi connectivity index (χ4v) is 3.58. The highest BCUT2D eigenvalue weighted by molar-refractivity contribution is 6.60. The highest BCUT2D eigenvalue weighted by atomic mass is 28.4. The van der Waals surface area contributed by atoms with Gasteiger partial charge in [-0.1, -0.05) is 20.4 Å². The molecule has 0 spiro atoms. The first-order chi connectivity index (χ1) is 9.42. The maximum atomic E-state index is 11.4. The van der Waals surface area contributed by atoms with Crippen molar-refractivity contribution in [3.8, 4) is 0 Å². The van der Waals surface area contributed by atoms with E-state index >= 15 is 0 Å². The summed E-state index contributed by atoms with van der Waals surface area (Å²) in [5.41, 5.74) is 2.81. The van der Waals surface area contributed by atoms with E-state index in [9.17, 15) is 4.79 Å². The summed E-state index contributed by atoms with van der Waals surface area (Å²) in [5, 5.41) is 1.90. The van der Waals surface area contributed by atoms with Gasteiger partial charge < -0.3 is 13.3 Å². The predicted octanol–water partition coefficient (Wildman–Crippen LogP) is 1.43. The summed E-state index contributed by atoms with van der Waals surface area (Å²) in [6.07, 6.45) is 2.08. The van der Waals surface area contributed by atoms with E-state index in [2.05, 4.69) is 25.9 Å². The van der Waals surface area contributed by atoms with Crippen LogP contribution in [0.2, 0.25) is 6.04 Å². The number of nitrogens with one attached hydrogen (secondary N) is 1. The normalized spacial score (nSPS) is 11.9. The second-order valence-corrected chi connectivity index (χ2v) is 8.01. The van der Waals surface area contributed by atoms with Crippen LogP contribution in [0, 0.1) is 5.92 Å². The van der Waals surface area contributed by atoms with Gasteiger partial charge in [-0.15, -0.1) is 0 Å². The van der Waals surface area contributed by atoms with Crippen molar-refractivity contribution in [3.05, 3.63) is 12.7 Å². The van der Waals surface area contributed by atoms with E-state index in [1.807, 2.05) is 5.01 Å². The molecule has 0 aromatic carbocycles. The van der Waals surface area contributed by atoms with Gasteiger partial charge in [0, 0.05) is 40.5 Å². The average molecular weight is 304 g/mol. The van der Waals surface area contributed by atoms with Crippen molar-refractivity contribution >= 4 is 14.7 Å². The van der Waals surface area contributed by atoms with Gasteiger partial charge in [0.25, 0.3) is 5.91 Å². The number of rotatable bonds is 11. The molecule has 0 unspecified atom stereocenters. The zero-order valence-electron chi connectivity index (χ0n) is 13.3. The van der Waals surface area contributed by atoms with Crippen LogP contribution in [0.3, 0.4) is 0 Å². The number of amides is 1. The van der Waals surface area contributed by atoms with Gasteiger partial charge in [-0.3, -0.25) is 10.2 Å². The van der Waals surface area contributed by atoms with Gasteiger partial charge >= 0.3 is 8.80 Å². The maximum Gasteiger partial charge on any atom is 0.500 e. The lowest BCUT2D eigenvalue weighted by Crippen LogP contribution is -2.46. The van der Waals surface area contributed by atoms with E-state index in [0.717, 1.165) is 13.0 Å². The molecular formula is C13H28N2O4Si. The van der Waals surface area contributed by atoms with Crippen LogP contribution < -0.4 is 5.43 Å². The Morgan fingerprint density at radius 1 is 1.30 bits per heavy atom. The number of hydrogen-bond donors (Lipinski definition) is 1. The second-order valence-electron chi connectivity index (χ2n) is 4.92. The zero-order valence-corrected chi connectivity index (χ0v) is 14.3. The van der Waals surface area contributed by atoms with Gasteiger partial charge in [0.1, 0.15) is 0 Å². The number of carbonyl (C=O) groups is 1. The highest BCUT2D eigenvalue weighted by Gasteiger charge is 2.37. The van der Waals surface area contributed by atoms with Crippen LogP contribution in [0.1, 0.15) is 20.3 Å². The van der Waals surface area contributed by atoms with Gasteiger partial charge in [0.05, 0.1) is 0 Å². The Balaban J connectivity index is 4.37. The third-order valence-corrected chi connectivity index (χ3v) is 5.72. The summed E-state index contributed by atoms with van der Waals surface area (Å²) in [6, 6.07) is 0.703. The quantitative estimate of drug-likeness (QED) is 0.355. The van der Waals surface area contributed by atoms with Crippen molar-refractivity contribution in [2.24, 2.45) is 5.92 Å². The molecule has 118 valence electrons. The summed E-state index contributed by atoms with van der Waals surface area (Å²) >= 11 is 0. The number of carbonyl (C=O) groups excluding carboxylic acids is 1. The molecule has 0 heterocycles. The second kappa shape index (κ2) is 10.1. The summed E-state index contributed by atoms with van der Waals surface area (Å²) in [7, 11) is 2.27. The first-order valence-corrected chi connectivity index (χ1v) is 8.69. The lowest BCUT2D eigenvalue weighted by Gasteiger charge is -2.27. The summed E-state index contributed by atoms with van der Waals surface area (Å²) in [6.45, 7) is 9.16. The van der Waals surface area contributed by atoms with Crippen molar-refractivity contribution in [2.75, 3.05) is 34.4 Å². The molecule has 0 bridgehead atoms. The topological polar surface area (TPSA) is 60.0 Å². The Bertz CT molecular complexity index is 288. The van der Waals surface area contributed by atoms with Crippen molar-refractivity contribution < 1.29 is 18.1 Å². The third-order valence-electron chi connectivity index (χ3n) is 2.88. The van der Waals surface area contributed by atoms with Crippen LogP contribution in [0.4, 0.5) is 0 Å². The van der Waals surface area contributed by atoms with E-state index in [1.165, 1.54) is 6.08 Å². The zero-order chi connectivity index (χ0) is 15.6. The molecule has 0 radical (unpaired) electrons. The third kappa shape index (κ3) is 7.16. The molecule has 1 amide bonds. The average Bonchev–Trinajstić information content (AvgIpc) is 2.43. The molecule has 0 aromatic rings. The summed E-state index contributed by atoms with van der Waals surface area (Å²) in [5.74, 6) is 0.258. The van der Waals surface area contributed by atoms with Gasteiger partial charge in [-0.05, 0) is 18.4 Å². The van der Waals surface area contributed by atoms with E-state index in [-0.39, 0.29) is 5.91 Å². The molecule has 0 saturated carbocycles. The Kier molecular flexibility index (Phi) is 9.69. The van der Waals surface area contributed by atoms with Crippen LogP contribution in [0.5, 0.6) is 0 Å². The largest absolute Gasteiger partial charge is 0.500 e. The molecule has 0 fully saturated rings. The van der Waals surface area contributed by atoms with Crippen LogP contribution in [-0.2, 0) is 18.1 Å². The molecule has 0 aromatic heterocycles. The van der Waals surface area contributed by atoms with E-state index < -0.39 is 8.80 Å². The fraction of sp³-hybridized carbons (Fsp3) is 0.769. The molecule has 0 aliphatic carbocycles. The van der Waals surface area contributed by atoms with Crippen LogP contribution in [0.15, 0.2) is 12.7 Å². The highest BCUT2D eigenvalue weighted by Crippen LogP contribution is 2.15. The van der Waals surface area contributed by atoms with Gasteiger partial charge in [0.2, 0.25) is 0 Å². The molecule has 0 rings (SSSR count). The van der Waals surface area contributed by atoms with Crippen LogP contribution >= 0.6 is 0 Å². The minimum Gasteiger partial charge on any atom is -0.377 e. The van der Waals surface area contributed by atoms with Crippen molar-refractivity contribution in [1.82, 2.24) is 10.4 Å². The molecule has 0 aliphatic heterocycles. The van der Waals surface area contributed by atoms with Gasteiger partial charge in [-0.25, -0.2) is 5.01 Å². The van der Waals surface area contributed by atoms with E-state index in [1.54, 1.807) is 21.3 Å². The Labute approximate surface area is 123 Å². The minimum absolute atomic E-state index is 0.195. The Morgan fingerprint density at radius 2 is 1.85 bits per heavy atom. The lowest BCUT2D eigenvalue weighted by molar-refractivity contribution is -0.121. The number of hydrogen-bond acceptors (Lipinski definition) is 5. The van der Waals surface area contributed by atoms with Gasteiger partial charge in [0.15, 0.2) is 0 Å². The Morgan fingerprint density at radius 3 is 2.25 bits per heavy atom. The lowest BCUT2D eigenvalue weighted by atomic mass is 10.2. The standard InChI is InChI=1S/C13H28N2O4Si/c1-7-13(16)14-15(11-12(2)3)9-8-10-20(17-4,18-5)19-6/h7,12H,1,8-11H2,2-6H3,(H,14,16). The number of nitrogens with zero attached hydrogens (tertiary/aromatic N) is 1. The van der Waals surface area contributed by atoms with Crippen molar-refractivity contribution in [2.45, 2.75) is 26.3 Å². The molecular weight excluding hydrogens is 276 g/mol.